The first-order valence-electron chi connectivity index (χ1n) is 5.81. The van der Waals surface area contributed by atoms with Gasteiger partial charge in [-0.2, -0.15) is 0 Å². The summed E-state index contributed by atoms with van der Waals surface area (Å²) in [5, 5.41) is 10.7. The van der Waals surface area contributed by atoms with E-state index in [0.29, 0.717) is 11.3 Å². The smallest absolute Gasteiger partial charge is 0.269 e. The van der Waals surface area contributed by atoms with Crippen LogP contribution in [-0.4, -0.2) is 13.3 Å². The molecule has 8 heteroatoms. The van der Waals surface area contributed by atoms with Gasteiger partial charge in [-0.05, 0) is 23.8 Å². The molecule has 0 bridgehead atoms. The first-order chi connectivity index (χ1) is 9.79. The molecule has 0 aliphatic heterocycles. The second kappa shape index (κ2) is 5.71. The molecule has 0 aliphatic carbocycles. The average Bonchev–Trinajstić information content (AvgIpc) is 2.42. The number of anilines is 1. The van der Waals surface area contributed by atoms with Crippen molar-refractivity contribution in [2.45, 2.75) is 10.6 Å². The third kappa shape index (κ3) is 3.50. The maximum absolute atomic E-state index is 12.3. The lowest BCUT2D eigenvalue weighted by atomic mass is 10.2. The molecule has 0 saturated carbocycles. The maximum atomic E-state index is 12.3. The van der Waals surface area contributed by atoms with Gasteiger partial charge in [-0.3, -0.25) is 10.1 Å². The highest BCUT2D eigenvalue weighted by molar-refractivity contribution is 7.90. The fourth-order valence-corrected chi connectivity index (χ4v) is 3.33. The number of nitro groups is 1. The maximum Gasteiger partial charge on any atom is 0.269 e. The largest absolute Gasteiger partial charge is 0.398 e. The standard InChI is InChI=1S/C13H11ClN2O4S/c14-12-7-11(5-6-13(12)15)21(19,20)8-9-1-3-10(4-2-9)16(17)18/h1-7H,8,15H2. The van der Waals surface area contributed by atoms with Crippen LogP contribution in [-0.2, 0) is 15.6 Å². The van der Waals surface area contributed by atoms with Crippen LogP contribution in [0.3, 0.4) is 0 Å². The van der Waals surface area contributed by atoms with E-state index in [4.69, 9.17) is 17.3 Å². The van der Waals surface area contributed by atoms with E-state index in [2.05, 4.69) is 0 Å². The Kier molecular flexibility index (Phi) is 4.15. The van der Waals surface area contributed by atoms with Crippen LogP contribution in [0.25, 0.3) is 0 Å². The number of sulfone groups is 1. The van der Waals surface area contributed by atoms with Crippen LogP contribution in [0.4, 0.5) is 11.4 Å². The highest BCUT2D eigenvalue weighted by atomic mass is 35.5. The van der Waals surface area contributed by atoms with Crippen molar-refractivity contribution in [3.8, 4) is 0 Å². The quantitative estimate of drug-likeness (QED) is 0.528. The van der Waals surface area contributed by atoms with Crippen molar-refractivity contribution in [3.05, 3.63) is 63.2 Å². The first kappa shape index (κ1) is 15.3. The van der Waals surface area contributed by atoms with Gasteiger partial charge >= 0.3 is 0 Å². The second-order valence-electron chi connectivity index (χ2n) is 4.37. The zero-order valence-electron chi connectivity index (χ0n) is 10.7. The zero-order valence-corrected chi connectivity index (χ0v) is 12.3. The van der Waals surface area contributed by atoms with E-state index in [0.717, 1.165) is 0 Å². The van der Waals surface area contributed by atoms with Gasteiger partial charge in [0, 0.05) is 12.1 Å². The number of nitrogens with zero attached hydrogens (tertiary/aromatic N) is 1. The number of non-ortho nitro benzene ring substituents is 1. The van der Waals surface area contributed by atoms with Crippen LogP contribution in [0.1, 0.15) is 5.56 Å². The van der Waals surface area contributed by atoms with Crippen molar-refractivity contribution < 1.29 is 13.3 Å². The number of rotatable bonds is 4. The molecule has 6 nitrogen and oxygen atoms in total. The van der Waals surface area contributed by atoms with Crippen molar-refractivity contribution in [1.29, 1.82) is 0 Å². The minimum atomic E-state index is -3.60. The van der Waals surface area contributed by atoms with Gasteiger partial charge in [0.25, 0.3) is 5.69 Å². The fraction of sp³-hybridized carbons (Fsp3) is 0.0769. The molecule has 0 aromatic heterocycles. The Labute approximate surface area is 126 Å². The van der Waals surface area contributed by atoms with Crippen molar-refractivity contribution in [2.75, 3.05) is 5.73 Å². The van der Waals surface area contributed by atoms with Crippen LogP contribution in [0.2, 0.25) is 5.02 Å². The Morgan fingerprint density at radius 1 is 1.14 bits per heavy atom. The van der Waals surface area contributed by atoms with E-state index in [1.165, 1.54) is 42.5 Å². The molecule has 2 N–H and O–H groups in total. The lowest BCUT2D eigenvalue weighted by molar-refractivity contribution is -0.384. The van der Waals surface area contributed by atoms with Crippen LogP contribution in [0, 0.1) is 10.1 Å². The van der Waals surface area contributed by atoms with Gasteiger partial charge in [-0.25, -0.2) is 8.42 Å². The Morgan fingerprint density at radius 2 is 1.76 bits per heavy atom. The van der Waals surface area contributed by atoms with E-state index in [1.807, 2.05) is 0 Å². The SMILES string of the molecule is Nc1ccc(S(=O)(=O)Cc2ccc([N+](=O)[O-])cc2)cc1Cl. The van der Waals surface area contributed by atoms with E-state index in [1.54, 1.807) is 0 Å². The molecule has 0 spiro atoms. The summed E-state index contributed by atoms with van der Waals surface area (Å²) in [6.45, 7) is 0. The second-order valence-corrected chi connectivity index (χ2v) is 6.76. The summed E-state index contributed by atoms with van der Waals surface area (Å²) >= 11 is 5.81. The highest BCUT2D eigenvalue weighted by Crippen LogP contribution is 2.25. The van der Waals surface area contributed by atoms with Gasteiger partial charge in [0.1, 0.15) is 0 Å². The Bertz CT molecular complexity index is 788. The number of hydrogen-bond donors (Lipinski definition) is 1. The monoisotopic (exact) mass is 326 g/mol. The highest BCUT2D eigenvalue weighted by Gasteiger charge is 2.17. The van der Waals surface area contributed by atoms with Gasteiger partial charge in [0.15, 0.2) is 9.84 Å². The van der Waals surface area contributed by atoms with Gasteiger partial charge in [0.2, 0.25) is 0 Å². The predicted octanol–water partition coefficient (Wildman–Crippen LogP) is 2.80. The summed E-state index contributed by atoms with van der Waals surface area (Å²) in [5.74, 6) is -0.273. The normalized spacial score (nSPS) is 11.3. The minimum absolute atomic E-state index is 0.0556. The molecule has 110 valence electrons. The van der Waals surface area contributed by atoms with E-state index in [-0.39, 0.29) is 21.4 Å². The molecule has 0 atom stereocenters. The Morgan fingerprint density at radius 3 is 2.29 bits per heavy atom. The molecule has 0 unspecified atom stereocenters. The summed E-state index contributed by atoms with van der Waals surface area (Å²) in [6, 6.07) is 9.44. The Hall–Kier alpha value is -2.12. The van der Waals surface area contributed by atoms with E-state index in [9.17, 15) is 18.5 Å². The van der Waals surface area contributed by atoms with Crippen LogP contribution >= 0.6 is 11.6 Å². The number of halogens is 1. The van der Waals surface area contributed by atoms with Crippen molar-refractivity contribution in [3.63, 3.8) is 0 Å². The Balaban J connectivity index is 2.28. The van der Waals surface area contributed by atoms with E-state index < -0.39 is 14.8 Å². The summed E-state index contributed by atoms with van der Waals surface area (Å²) in [5.41, 5.74) is 6.20. The molecule has 0 amide bonds. The molecule has 0 radical (unpaired) electrons. The van der Waals surface area contributed by atoms with E-state index >= 15 is 0 Å². The van der Waals surface area contributed by atoms with Crippen molar-refractivity contribution >= 4 is 32.8 Å². The predicted molar refractivity (Wildman–Crippen MR) is 79.9 cm³/mol. The van der Waals surface area contributed by atoms with Crippen LogP contribution < -0.4 is 5.73 Å². The van der Waals surface area contributed by atoms with Gasteiger partial charge in [0.05, 0.1) is 26.3 Å². The zero-order chi connectivity index (χ0) is 15.6. The number of nitrogen functional groups attached to an aromatic ring is 1. The molecule has 2 aromatic carbocycles. The molecule has 2 aromatic rings. The van der Waals surface area contributed by atoms with Crippen molar-refractivity contribution in [2.24, 2.45) is 0 Å². The van der Waals surface area contributed by atoms with Crippen LogP contribution in [0.15, 0.2) is 47.4 Å². The molecule has 0 aliphatic rings. The number of benzene rings is 2. The van der Waals surface area contributed by atoms with Crippen LogP contribution in [0.5, 0.6) is 0 Å². The summed E-state index contributed by atoms with van der Waals surface area (Å²) in [4.78, 5) is 10.1. The topological polar surface area (TPSA) is 103 Å². The van der Waals surface area contributed by atoms with Gasteiger partial charge < -0.3 is 5.73 Å². The average molecular weight is 327 g/mol. The lowest BCUT2D eigenvalue weighted by Gasteiger charge is -2.06. The third-order valence-electron chi connectivity index (χ3n) is 2.83. The molecular formula is C13H11ClN2O4S. The third-order valence-corrected chi connectivity index (χ3v) is 4.85. The molecule has 0 saturated heterocycles. The molecule has 21 heavy (non-hydrogen) atoms. The lowest BCUT2D eigenvalue weighted by Crippen LogP contribution is -2.05. The molecular weight excluding hydrogens is 316 g/mol. The number of nitrogens with two attached hydrogens (primary N) is 1. The molecule has 2 rings (SSSR count). The molecule has 0 heterocycles. The minimum Gasteiger partial charge on any atom is -0.398 e. The van der Waals surface area contributed by atoms with Gasteiger partial charge in [-0.1, -0.05) is 23.7 Å². The van der Waals surface area contributed by atoms with Crippen molar-refractivity contribution in [1.82, 2.24) is 0 Å². The van der Waals surface area contributed by atoms with Gasteiger partial charge in [-0.15, -0.1) is 0 Å². The summed E-state index contributed by atoms with van der Waals surface area (Å²) < 4.78 is 24.5. The number of nitro benzene ring substituents is 1. The fourth-order valence-electron chi connectivity index (χ4n) is 1.72. The first-order valence-corrected chi connectivity index (χ1v) is 7.84. The summed E-state index contributed by atoms with van der Waals surface area (Å²) in [6.07, 6.45) is 0. The number of hydrogen-bond acceptors (Lipinski definition) is 5. The summed E-state index contributed by atoms with van der Waals surface area (Å²) in [7, 11) is -3.60. The molecule has 0 fully saturated rings.